The summed E-state index contributed by atoms with van der Waals surface area (Å²) in [6.45, 7) is 1.83. The van der Waals surface area contributed by atoms with Crippen LogP contribution in [0.4, 0.5) is 5.13 Å². The molecule has 104 valence electrons. The summed E-state index contributed by atoms with van der Waals surface area (Å²) in [4.78, 5) is 18.1. The minimum absolute atomic E-state index is 0.0547. The zero-order valence-corrected chi connectivity index (χ0v) is 11.9. The van der Waals surface area contributed by atoms with Crippen molar-refractivity contribution in [2.45, 2.75) is 31.8 Å². The van der Waals surface area contributed by atoms with Crippen LogP contribution >= 0.6 is 11.3 Å². The van der Waals surface area contributed by atoms with Gasteiger partial charge in [0, 0.05) is 36.6 Å². The molecule has 20 heavy (non-hydrogen) atoms. The zero-order valence-electron chi connectivity index (χ0n) is 11.1. The molecule has 1 fully saturated rings. The molecule has 5 nitrogen and oxygen atoms in total. The highest BCUT2D eigenvalue weighted by atomic mass is 32.1. The zero-order chi connectivity index (χ0) is 13.5. The smallest absolute Gasteiger partial charge is 0.274 e. The van der Waals surface area contributed by atoms with E-state index >= 15 is 0 Å². The van der Waals surface area contributed by atoms with E-state index in [4.69, 9.17) is 0 Å². The van der Waals surface area contributed by atoms with E-state index in [0.29, 0.717) is 11.2 Å². The van der Waals surface area contributed by atoms with Crippen LogP contribution < -0.4 is 10.6 Å². The lowest BCUT2D eigenvalue weighted by Gasteiger charge is -2.09. The number of hydrogen-bond donors (Lipinski definition) is 2. The van der Waals surface area contributed by atoms with Crippen LogP contribution in [0.5, 0.6) is 0 Å². The number of nitrogens with one attached hydrogen (secondary N) is 2. The van der Waals surface area contributed by atoms with Gasteiger partial charge in [-0.15, -0.1) is 11.3 Å². The Labute approximate surface area is 121 Å². The normalized spacial score (nSPS) is 17.8. The number of thiazole rings is 1. The van der Waals surface area contributed by atoms with Crippen LogP contribution in [0.1, 0.15) is 39.9 Å². The molecule has 0 bridgehead atoms. The second-order valence-corrected chi connectivity index (χ2v) is 6.39. The van der Waals surface area contributed by atoms with Crippen LogP contribution in [0.2, 0.25) is 0 Å². The Morgan fingerprint density at radius 2 is 2.40 bits per heavy atom. The molecule has 0 radical (unpaired) electrons. The van der Waals surface area contributed by atoms with E-state index < -0.39 is 0 Å². The number of anilines is 1. The number of fused-ring (bicyclic) bond motifs is 1. The second kappa shape index (κ2) is 4.71. The number of carbonyl (C=O) groups excluding carboxylic acids is 1. The third-order valence-corrected chi connectivity index (χ3v) is 4.79. The Balaban J connectivity index is 1.54. The first-order valence-electron chi connectivity index (χ1n) is 6.99. The van der Waals surface area contributed by atoms with Crippen LogP contribution in [0.25, 0.3) is 0 Å². The summed E-state index contributed by atoms with van der Waals surface area (Å²) in [6.07, 6.45) is 5.28. The number of nitrogens with zero attached hydrogens (tertiary/aromatic N) is 2. The van der Waals surface area contributed by atoms with Crippen molar-refractivity contribution in [1.82, 2.24) is 14.9 Å². The molecule has 2 aromatic rings. The molecule has 1 aliphatic heterocycles. The topological polar surface area (TPSA) is 59.0 Å². The molecule has 4 rings (SSSR count). The van der Waals surface area contributed by atoms with Gasteiger partial charge in [0.05, 0.1) is 5.69 Å². The van der Waals surface area contributed by atoms with E-state index in [0.717, 1.165) is 30.9 Å². The van der Waals surface area contributed by atoms with Crippen molar-refractivity contribution >= 4 is 22.4 Å². The van der Waals surface area contributed by atoms with E-state index in [1.807, 2.05) is 18.3 Å². The van der Waals surface area contributed by atoms with E-state index in [1.54, 1.807) is 11.3 Å². The lowest BCUT2D eigenvalue weighted by molar-refractivity contribution is 0.101. The fourth-order valence-corrected chi connectivity index (χ4v) is 3.57. The molecule has 0 aromatic carbocycles. The standard InChI is InChI=1S/C14H16N4OS/c19-13(11-2-1-7-18(11)9-3-4-9)17-14-16-10-5-6-15-8-12(10)20-14/h1-2,7,9,15H,3-6,8H2,(H,16,17,19). The van der Waals surface area contributed by atoms with Crippen LogP contribution in [-0.2, 0) is 13.0 Å². The summed E-state index contributed by atoms with van der Waals surface area (Å²) in [5.74, 6) is -0.0547. The summed E-state index contributed by atoms with van der Waals surface area (Å²) >= 11 is 1.58. The molecule has 1 saturated carbocycles. The number of hydrogen-bond acceptors (Lipinski definition) is 4. The summed E-state index contributed by atoms with van der Waals surface area (Å²) in [5, 5.41) is 6.98. The number of rotatable bonds is 3. The van der Waals surface area contributed by atoms with Crippen LogP contribution in [0.3, 0.4) is 0 Å². The Morgan fingerprint density at radius 3 is 3.20 bits per heavy atom. The molecule has 2 aliphatic rings. The number of aromatic nitrogens is 2. The van der Waals surface area contributed by atoms with Gasteiger partial charge >= 0.3 is 0 Å². The summed E-state index contributed by atoms with van der Waals surface area (Å²) in [6, 6.07) is 4.33. The Hall–Kier alpha value is -1.66. The van der Waals surface area contributed by atoms with Gasteiger partial charge in [0.25, 0.3) is 5.91 Å². The van der Waals surface area contributed by atoms with E-state index in [-0.39, 0.29) is 5.91 Å². The quantitative estimate of drug-likeness (QED) is 0.910. The van der Waals surface area contributed by atoms with Crippen molar-refractivity contribution in [3.8, 4) is 0 Å². The van der Waals surface area contributed by atoms with Crippen molar-refractivity contribution < 1.29 is 4.79 Å². The maximum absolute atomic E-state index is 12.4. The third kappa shape index (κ3) is 2.14. The van der Waals surface area contributed by atoms with Crippen molar-refractivity contribution in [3.63, 3.8) is 0 Å². The lowest BCUT2D eigenvalue weighted by atomic mass is 10.2. The molecule has 0 spiro atoms. The predicted molar refractivity (Wildman–Crippen MR) is 78.2 cm³/mol. The SMILES string of the molecule is O=C(Nc1nc2c(s1)CNCC2)c1cccn1C1CC1. The van der Waals surface area contributed by atoms with Crippen molar-refractivity contribution in [2.75, 3.05) is 11.9 Å². The van der Waals surface area contributed by atoms with Crippen molar-refractivity contribution in [2.24, 2.45) is 0 Å². The first kappa shape index (κ1) is 12.1. The third-order valence-electron chi connectivity index (χ3n) is 3.77. The molecule has 2 aromatic heterocycles. The fourth-order valence-electron chi connectivity index (χ4n) is 2.60. The molecule has 1 amide bonds. The maximum atomic E-state index is 12.4. The molecule has 0 unspecified atom stereocenters. The molecule has 6 heteroatoms. The molecule has 0 atom stereocenters. The van der Waals surface area contributed by atoms with Gasteiger partial charge in [0.1, 0.15) is 5.69 Å². The van der Waals surface area contributed by atoms with E-state index in [2.05, 4.69) is 20.2 Å². The summed E-state index contributed by atoms with van der Waals surface area (Å²) in [7, 11) is 0. The van der Waals surface area contributed by atoms with Gasteiger partial charge < -0.3 is 9.88 Å². The summed E-state index contributed by atoms with van der Waals surface area (Å²) < 4.78 is 2.07. The first-order valence-corrected chi connectivity index (χ1v) is 7.80. The minimum atomic E-state index is -0.0547. The maximum Gasteiger partial charge on any atom is 0.274 e. The molecular formula is C14H16N4OS. The molecular weight excluding hydrogens is 272 g/mol. The van der Waals surface area contributed by atoms with Crippen LogP contribution in [0.15, 0.2) is 18.3 Å². The van der Waals surface area contributed by atoms with Crippen molar-refractivity contribution in [3.05, 3.63) is 34.6 Å². The lowest BCUT2D eigenvalue weighted by Crippen LogP contribution is -2.22. The Morgan fingerprint density at radius 1 is 1.50 bits per heavy atom. The molecule has 2 N–H and O–H groups in total. The van der Waals surface area contributed by atoms with Gasteiger partial charge in [-0.1, -0.05) is 0 Å². The minimum Gasteiger partial charge on any atom is -0.340 e. The van der Waals surface area contributed by atoms with E-state index in [1.165, 1.54) is 17.7 Å². The van der Waals surface area contributed by atoms with Gasteiger partial charge in [-0.25, -0.2) is 4.98 Å². The van der Waals surface area contributed by atoms with E-state index in [9.17, 15) is 4.79 Å². The van der Waals surface area contributed by atoms with Crippen molar-refractivity contribution in [1.29, 1.82) is 0 Å². The van der Waals surface area contributed by atoms with Gasteiger partial charge in [0.2, 0.25) is 0 Å². The Kier molecular flexibility index (Phi) is 2.85. The van der Waals surface area contributed by atoms with Gasteiger partial charge in [-0.05, 0) is 25.0 Å². The molecule has 0 saturated heterocycles. The van der Waals surface area contributed by atoms with Crippen LogP contribution in [0, 0.1) is 0 Å². The number of carbonyl (C=O) groups is 1. The Bertz CT molecular complexity index is 632. The first-order chi connectivity index (χ1) is 9.81. The highest BCUT2D eigenvalue weighted by Crippen LogP contribution is 2.36. The predicted octanol–water partition coefficient (Wildman–Crippen LogP) is 2.18. The molecule has 3 heterocycles. The van der Waals surface area contributed by atoms with Gasteiger partial charge in [-0.2, -0.15) is 0 Å². The van der Waals surface area contributed by atoms with Crippen LogP contribution in [-0.4, -0.2) is 22.0 Å². The summed E-state index contributed by atoms with van der Waals surface area (Å²) in [5.41, 5.74) is 1.86. The largest absolute Gasteiger partial charge is 0.340 e. The monoisotopic (exact) mass is 288 g/mol. The van der Waals surface area contributed by atoms with Gasteiger partial charge in [0.15, 0.2) is 5.13 Å². The highest BCUT2D eigenvalue weighted by molar-refractivity contribution is 7.15. The average molecular weight is 288 g/mol. The fraction of sp³-hybridized carbons (Fsp3) is 0.429. The van der Waals surface area contributed by atoms with Gasteiger partial charge in [-0.3, -0.25) is 10.1 Å². The highest BCUT2D eigenvalue weighted by Gasteiger charge is 2.27. The average Bonchev–Trinajstić information content (AvgIpc) is 3.03. The molecule has 1 aliphatic carbocycles. The number of amides is 1. The second-order valence-electron chi connectivity index (χ2n) is 5.30.